The van der Waals surface area contributed by atoms with Crippen molar-refractivity contribution in [1.82, 2.24) is 15.2 Å². The summed E-state index contributed by atoms with van der Waals surface area (Å²) < 4.78 is 0. The molecule has 1 aromatic heterocycles. The zero-order valence-electron chi connectivity index (χ0n) is 10.1. The van der Waals surface area contributed by atoms with E-state index in [0.717, 1.165) is 26.1 Å². The minimum atomic E-state index is 1.12. The first kappa shape index (κ1) is 10.8. The van der Waals surface area contributed by atoms with Gasteiger partial charge in [-0.3, -0.25) is 0 Å². The highest BCUT2D eigenvalue weighted by molar-refractivity contribution is 5.80. The molecule has 0 atom stereocenters. The lowest BCUT2D eigenvalue weighted by atomic mass is 10.2. The van der Waals surface area contributed by atoms with Gasteiger partial charge in [-0.25, -0.2) is 0 Å². The van der Waals surface area contributed by atoms with Crippen molar-refractivity contribution in [3.8, 4) is 0 Å². The minimum Gasteiger partial charge on any atom is -0.358 e. The third-order valence-corrected chi connectivity index (χ3v) is 3.49. The summed E-state index contributed by atoms with van der Waals surface area (Å²) in [6.07, 6.45) is 1.12. The standard InChI is InChI=1S/C14H19N3/c1-2-4-14-12(3-1)11-13(16-14)5-8-17-9-6-15-7-10-17/h1-4,11,15-16H,5-10H2. The lowest BCUT2D eigenvalue weighted by Crippen LogP contribution is -2.44. The molecule has 3 nitrogen and oxygen atoms in total. The second-order valence-electron chi connectivity index (χ2n) is 4.72. The molecule has 0 spiro atoms. The highest BCUT2D eigenvalue weighted by Crippen LogP contribution is 2.15. The van der Waals surface area contributed by atoms with Crippen molar-refractivity contribution < 1.29 is 0 Å². The molecule has 17 heavy (non-hydrogen) atoms. The third kappa shape index (κ3) is 2.51. The van der Waals surface area contributed by atoms with Crippen molar-refractivity contribution in [1.29, 1.82) is 0 Å². The van der Waals surface area contributed by atoms with E-state index >= 15 is 0 Å². The summed E-state index contributed by atoms with van der Waals surface area (Å²) >= 11 is 0. The maximum absolute atomic E-state index is 3.49. The molecular formula is C14H19N3. The zero-order chi connectivity index (χ0) is 11.5. The summed E-state index contributed by atoms with van der Waals surface area (Å²) in [6, 6.07) is 10.8. The van der Waals surface area contributed by atoms with Crippen LogP contribution < -0.4 is 5.32 Å². The summed E-state index contributed by atoms with van der Waals surface area (Å²) in [5, 5.41) is 4.71. The topological polar surface area (TPSA) is 31.1 Å². The second-order valence-corrected chi connectivity index (χ2v) is 4.72. The molecule has 0 aliphatic carbocycles. The van der Waals surface area contributed by atoms with E-state index in [0.29, 0.717) is 0 Å². The SMILES string of the molecule is c1ccc2[nH]c(CCN3CCNCC3)cc2c1. The van der Waals surface area contributed by atoms with Gasteiger partial charge in [0.05, 0.1) is 0 Å². The lowest BCUT2D eigenvalue weighted by molar-refractivity contribution is 0.243. The number of fused-ring (bicyclic) bond motifs is 1. The first-order valence-electron chi connectivity index (χ1n) is 6.41. The molecule has 2 heterocycles. The highest BCUT2D eigenvalue weighted by Gasteiger charge is 2.09. The molecule has 0 saturated carbocycles. The van der Waals surface area contributed by atoms with Gasteiger partial charge in [0.25, 0.3) is 0 Å². The van der Waals surface area contributed by atoms with Gasteiger partial charge in [-0.05, 0) is 17.5 Å². The number of nitrogens with zero attached hydrogens (tertiary/aromatic N) is 1. The Morgan fingerprint density at radius 3 is 2.76 bits per heavy atom. The fourth-order valence-electron chi connectivity index (χ4n) is 2.48. The van der Waals surface area contributed by atoms with Crippen LogP contribution in [0.25, 0.3) is 10.9 Å². The van der Waals surface area contributed by atoms with Crippen molar-refractivity contribution in [2.24, 2.45) is 0 Å². The average Bonchev–Trinajstić information content (AvgIpc) is 2.80. The normalized spacial score (nSPS) is 17.6. The maximum Gasteiger partial charge on any atom is 0.0456 e. The van der Waals surface area contributed by atoms with Crippen LogP contribution in [0.4, 0.5) is 0 Å². The van der Waals surface area contributed by atoms with Crippen LogP contribution in [0.2, 0.25) is 0 Å². The first-order valence-corrected chi connectivity index (χ1v) is 6.41. The third-order valence-electron chi connectivity index (χ3n) is 3.49. The van der Waals surface area contributed by atoms with Crippen molar-refractivity contribution in [3.63, 3.8) is 0 Å². The number of nitrogens with one attached hydrogen (secondary N) is 2. The van der Waals surface area contributed by atoms with Gasteiger partial charge in [0.2, 0.25) is 0 Å². The summed E-state index contributed by atoms with van der Waals surface area (Å²) in [7, 11) is 0. The van der Waals surface area contributed by atoms with Crippen molar-refractivity contribution in [3.05, 3.63) is 36.0 Å². The Bertz CT molecular complexity index is 450. The van der Waals surface area contributed by atoms with Crippen molar-refractivity contribution >= 4 is 10.9 Å². The number of rotatable bonds is 3. The van der Waals surface area contributed by atoms with E-state index < -0.39 is 0 Å². The minimum absolute atomic E-state index is 1.12. The molecule has 1 fully saturated rings. The van der Waals surface area contributed by atoms with E-state index in [4.69, 9.17) is 0 Å². The smallest absolute Gasteiger partial charge is 0.0456 e. The van der Waals surface area contributed by atoms with Gasteiger partial charge < -0.3 is 15.2 Å². The van der Waals surface area contributed by atoms with E-state index in [-0.39, 0.29) is 0 Å². The average molecular weight is 229 g/mol. The summed E-state index contributed by atoms with van der Waals surface area (Å²) in [5.41, 5.74) is 2.60. The Kier molecular flexibility index (Phi) is 3.12. The predicted octanol–water partition coefficient (Wildman–Crippen LogP) is 1.62. The Balaban J connectivity index is 1.64. The van der Waals surface area contributed by atoms with Gasteiger partial charge in [-0.1, -0.05) is 18.2 Å². The van der Waals surface area contributed by atoms with Crippen LogP contribution >= 0.6 is 0 Å². The van der Waals surface area contributed by atoms with E-state index in [1.165, 1.54) is 29.7 Å². The molecule has 2 aromatic rings. The van der Waals surface area contributed by atoms with Crippen LogP contribution in [0, 0.1) is 0 Å². The van der Waals surface area contributed by atoms with E-state index in [1.807, 2.05) is 0 Å². The Hall–Kier alpha value is -1.32. The zero-order valence-corrected chi connectivity index (χ0v) is 10.1. The summed E-state index contributed by atoms with van der Waals surface area (Å²) in [6.45, 7) is 5.79. The molecule has 1 aromatic carbocycles. The molecular weight excluding hydrogens is 210 g/mol. The quantitative estimate of drug-likeness (QED) is 0.838. The maximum atomic E-state index is 3.49. The number of aromatic nitrogens is 1. The van der Waals surface area contributed by atoms with Crippen LogP contribution in [0.1, 0.15) is 5.69 Å². The van der Waals surface area contributed by atoms with Gasteiger partial charge in [-0.15, -0.1) is 0 Å². The number of piperazine rings is 1. The molecule has 0 bridgehead atoms. The van der Waals surface area contributed by atoms with Crippen LogP contribution in [-0.4, -0.2) is 42.6 Å². The number of benzene rings is 1. The largest absolute Gasteiger partial charge is 0.358 e. The molecule has 3 rings (SSSR count). The fourth-order valence-corrected chi connectivity index (χ4v) is 2.48. The van der Waals surface area contributed by atoms with Crippen LogP contribution in [0.5, 0.6) is 0 Å². The van der Waals surface area contributed by atoms with E-state index in [1.54, 1.807) is 0 Å². The van der Waals surface area contributed by atoms with Crippen LogP contribution in [-0.2, 0) is 6.42 Å². The molecule has 1 aliphatic rings. The Morgan fingerprint density at radius 1 is 1.12 bits per heavy atom. The predicted molar refractivity (Wildman–Crippen MR) is 71.3 cm³/mol. The molecule has 1 saturated heterocycles. The van der Waals surface area contributed by atoms with Crippen molar-refractivity contribution in [2.75, 3.05) is 32.7 Å². The summed E-state index contributed by atoms with van der Waals surface area (Å²) in [5.74, 6) is 0. The highest BCUT2D eigenvalue weighted by atomic mass is 15.2. The molecule has 2 N–H and O–H groups in total. The van der Waals surface area contributed by atoms with Crippen molar-refractivity contribution in [2.45, 2.75) is 6.42 Å². The molecule has 90 valence electrons. The van der Waals surface area contributed by atoms with Gasteiger partial charge in [0.15, 0.2) is 0 Å². The Labute approximate surface area is 102 Å². The first-order chi connectivity index (χ1) is 8.42. The van der Waals surface area contributed by atoms with Crippen LogP contribution in [0.15, 0.2) is 30.3 Å². The van der Waals surface area contributed by atoms with Gasteiger partial charge in [0, 0.05) is 50.4 Å². The van der Waals surface area contributed by atoms with Gasteiger partial charge >= 0.3 is 0 Å². The number of aromatic amines is 1. The number of para-hydroxylation sites is 1. The second kappa shape index (κ2) is 4.90. The lowest BCUT2D eigenvalue weighted by Gasteiger charge is -2.26. The number of hydrogen-bond acceptors (Lipinski definition) is 2. The molecule has 1 aliphatic heterocycles. The number of H-pyrrole nitrogens is 1. The van der Waals surface area contributed by atoms with Gasteiger partial charge in [0.1, 0.15) is 0 Å². The number of hydrogen-bond donors (Lipinski definition) is 2. The summed E-state index contributed by atoms with van der Waals surface area (Å²) in [4.78, 5) is 6.02. The van der Waals surface area contributed by atoms with Crippen LogP contribution in [0.3, 0.4) is 0 Å². The van der Waals surface area contributed by atoms with Gasteiger partial charge in [-0.2, -0.15) is 0 Å². The van der Waals surface area contributed by atoms with E-state index in [9.17, 15) is 0 Å². The molecule has 0 unspecified atom stereocenters. The molecule has 3 heteroatoms. The monoisotopic (exact) mass is 229 g/mol. The Morgan fingerprint density at radius 2 is 1.94 bits per heavy atom. The molecule has 0 amide bonds. The molecule has 0 radical (unpaired) electrons. The van der Waals surface area contributed by atoms with E-state index in [2.05, 4.69) is 45.5 Å². The fraction of sp³-hybridized carbons (Fsp3) is 0.429.